The van der Waals surface area contributed by atoms with Crippen molar-refractivity contribution in [3.8, 4) is 11.5 Å². The summed E-state index contributed by atoms with van der Waals surface area (Å²) in [5.41, 5.74) is 0. The molecule has 1 N–H and O–H groups in total. The van der Waals surface area contributed by atoms with Crippen molar-refractivity contribution in [2.24, 2.45) is 0 Å². The number of aliphatic hydroxyl groups excluding tert-OH is 1. The van der Waals surface area contributed by atoms with Gasteiger partial charge in [0.1, 0.15) is 6.61 Å². The fourth-order valence-corrected chi connectivity index (χ4v) is 1.36. The first-order chi connectivity index (χ1) is 7.74. The van der Waals surface area contributed by atoms with Gasteiger partial charge in [0.05, 0.1) is 12.7 Å². The van der Waals surface area contributed by atoms with E-state index in [9.17, 15) is 0 Å². The molecule has 1 aromatic rings. The van der Waals surface area contributed by atoms with Crippen molar-refractivity contribution in [1.82, 2.24) is 0 Å². The van der Waals surface area contributed by atoms with E-state index in [4.69, 9.17) is 14.6 Å². The summed E-state index contributed by atoms with van der Waals surface area (Å²) >= 11 is 3.35. The topological polar surface area (TPSA) is 38.7 Å². The standard InChI is InChI=1S/C12H17BrO3/c1-10(14)9-16-12-6-3-2-5-11(12)15-8-4-7-13/h2-3,5-6,10,14H,4,7-9H2,1H3. The summed E-state index contributed by atoms with van der Waals surface area (Å²) in [5, 5.41) is 10.1. The molecule has 3 nitrogen and oxygen atoms in total. The van der Waals surface area contributed by atoms with Gasteiger partial charge in [-0.15, -0.1) is 0 Å². The van der Waals surface area contributed by atoms with E-state index in [0.717, 1.165) is 17.5 Å². The molecular formula is C12H17BrO3. The van der Waals surface area contributed by atoms with Crippen LogP contribution < -0.4 is 9.47 Å². The zero-order valence-electron chi connectivity index (χ0n) is 9.36. The highest BCUT2D eigenvalue weighted by Crippen LogP contribution is 2.26. The molecule has 0 radical (unpaired) electrons. The Morgan fingerprint density at radius 2 is 1.88 bits per heavy atom. The van der Waals surface area contributed by atoms with Crippen molar-refractivity contribution < 1.29 is 14.6 Å². The summed E-state index contributed by atoms with van der Waals surface area (Å²) in [5.74, 6) is 1.40. The van der Waals surface area contributed by atoms with Gasteiger partial charge in [-0.25, -0.2) is 0 Å². The largest absolute Gasteiger partial charge is 0.490 e. The Balaban J connectivity index is 2.53. The number of hydrogen-bond donors (Lipinski definition) is 1. The maximum Gasteiger partial charge on any atom is 0.161 e. The molecule has 1 unspecified atom stereocenters. The van der Waals surface area contributed by atoms with E-state index in [2.05, 4.69) is 15.9 Å². The minimum Gasteiger partial charge on any atom is -0.490 e. The zero-order valence-corrected chi connectivity index (χ0v) is 10.9. The average molecular weight is 289 g/mol. The van der Waals surface area contributed by atoms with Crippen molar-refractivity contribution >= 4 is 15.9 Å². The van der Waals surface area contributed by atoms with Gasteiger partial charge in [-0.2, -0.15) is 0 Å². The number of ether oxygens (including phenoxy) is 2. The van der Waals surface area contributed by atoms with E-state index < -0.39 is 6.10 Å². The van der Waals surface area contributed by atoms with Crippen molar-refractivity contribution in [1.29, 1.82) is 0 Å². The lowest BCUT2D eigenvalue weighted by Crippen LogP contribution is -2.13. The fraction of sp³-hybridized carbons (Fsp3) is 0.500. The second kappa shape index (κ2) is 7.52. The second-order valence-electron chi connectivity index (χ2n) is 3.50. The summed E-state index contributed by atoms with van der Waals surface area (Å²) in [6.07, 6.45) is 0.473. The van der Waals surface area contributed by atoms with Gasteiger partial charge in [-0.05, 0) is 25.5 Å². The van der Waals surface area contributed by atoms with Crippen LogP contribution in [0.15, 0.2) is 24.3 Å². The van der Waals surface area contributed by atoms with Crippen LogP contribution in [-0.2, 0) is 0 Å². The van der Waals surface area contributed by atoms with Crippen LogP contribution >= 0.6 is 15.9 Å². The SMILES string of the molecule is CC(O)COc1ccccc1OCCCBr. The first-order valence-corrected chi connectivity index (χ1v) is 6.45. The third kappa shape index (κ3) is 4.86. The monoisotopic (exact) mass is 288 g/mol. The molecule has 1 rings (SSSR count). The number of rotatable bonds is 7. The van der Waals surface area contributed by atoms with Crippen LogP contribution in [0, 0.1) is 0 Å². The molecular weight excluding hydrogens is 272 g/mol. The van der Waals surface area contributed by atoms with E-state index in [-0.39, 0.29) is 6.61 Å². The van der Waals surface area contributed by atoms with Gasteiger partial charge in [-0.3, -0.25) is 0 Å². The quantitative estimate of drug-likeness (QED) is 0.619. The molecule has 0 heterocycles. The van der Waals surface area contributed by atoms with Gasteiger partial charge in [0, 0.05) is 5.33 Å². The molecule has 0 fully saturated rings. The lowest BCUT2D eigenvalue weighted by molar-refractivity contribution is 0.120. The van der Waals surface area contributed by atoms with E-state index in [0.29, 0.717) is 12.4 Å². The molecule has 0 amide bonds. The minimum absolute atomic E-state index is 0.277. The van der Waals surface area contributed by atoms with Gasteiger partial charge in [-0.1, -0.05) is 28.1 Å². The molecule has 1 atom stereocenters. The van der Waals surface area contributed by atoms with E-state index >= 15 is 0 Å². The van der Waals surface area contributed by atoms with Crippen LogP contribution in [0.1, 0.15) is 13.3 Å². The van der Waals surface area contributed by atoms with E-state index in [1.807, 2.05) is 24.3 Å². The summed E-state index contributed by atoms with van der Waals surface area (Å²) in [4.78, 5) is 0. The molecule has 0 aliphatic rings. The Bertz CT molecular complexity index is 302. The summed E-state index contributed by atoms with van der Waals surface area (Å²) in [6, 6.07) is 7.49. The third-order valence-electron chi connectivity index (χ3n) is 1.86. The van der Waals surface area contributed by atoms with Crippen molar-refractivity contribution in [3.63, 3.8) is 0 Å². The third-order valence-corrected chi connectivity index (χ3v) is 2.43. The average Bonchev–Trinajstić information content (AvgIpc) is 2.28. The van der Waals surface area contributed by atoms with E-state index in [1.165, 1.54) is 0 Å². The number of hydrogen-bond acceptors (Lipinski definition) is 3. The Labute approximate surface area is 105 Å². The lowest BCUT2D eigenvalue weighted by atomic mass is 10.3. The number of para-hydroxylation sites is 2. The summed E-state index contributed by atoms with van der Waals surface area (Å²) in [6.45, 7) is 2.62. The first-order valence-electron chi connectivity index (χ1n) is 5.32. The predicted molar refractivity (Wildman–Crippen MR) is 67.5 cm³/mol. The van der Waals surface area contributed by atoms with Crippen LogP contribution in [0.5, 0.6) is 11.5 Å². The second-order valence-corrected chi connectivity index (χ2v) is 4.29. The van der Waals surface area contributed by atoms with Crippen LogP contribution in [-0.4, -0.2) is 29.8 Å². The maximum absolute atomic E-state index is 9.15. The molecule has 0 saturated carbocycles. The maximum atomic E-state index is 9.15. The zero-order chi connectivity index (χ0) is 11.8. The van der Waals surface area contributed by atoms with Gasteiger partial charge >= 0.3 is 0 Å². The van der Waals surface area contributed by atoms with Gasteiger partial charge in [0.15, 0.2) is 11.5 Å². The Hall–Kier alpha value is -0.740. The van der Waals surface area contributed by atoms with E-state index in [1.54, 1.807) is 6.92 Å². The summed E-state index contributed by atoms with van der Waals surface area (Å²) in [7, 11) is 0. The fourth-order valence-electron chi connectivity index (χ4n) is 1.14. The number of halogens is 1. The van der Waals surface area contributed by atoms with Gasteiger partial charge in [0.2, 0.25) is 0 Å². The molecule has 1 aromatic carbocycles. The Morgan fingerprint density at radius 3 is 2.44 bits per heavy atom. The smallest absolute Gasteiger partial charge is 0.161 e. The highest BCUT2D eigenvalue weighted by Gasteiger charge is 2.05. The summed E-state index contributed by atoms with van der Waals surface area (Å²) < 4.78 is 11.0. The molecule has 0 aliphatic carbocycles. The first kappa shape index (κ1) is 13.3. The number of aliphatic hydroxyl groups is 1. The molecule has 0 aromatic heterocycles. The van der Waals surface area contributed by atoms with Crippen molar-refractivity contribution in [2.75, 3.05) is 18.5 Å². The molecule has 0 aliphatic heterocycles. The molecule has 16 heavy (non-hydrogen) atoms. The molecule has 0 bridgehead atoms. The normalized spacial score (nSPS) is 12.2. The van der Waals surface area contributed by atoms with Crippen LogP contribution in [0.3, 0.4) is 0 Å². The molecule has 4 heteroatoms. The number of alkyl halides is 1. The Morgan fingerprint density at radius 1 is 1.25 bits per heavy atom. The highest BCUT2D eigenvalue weighted by molar-refractivity contribution is 9.09. The van der Waals surface area contributed by atoms with Crippen molar-refractivity contribution in [2.45, 2.75) is 19.4 Å². The highest BCUT2D eigenvalue weighted by atomic mass is 79.9. The Kier molecular flexibility index (Phi) is 6.26. The number of benzene rings is 1. The minimum atomic E-state index is -0.476. The molecule has 0 saturated heterocycles. The van der Waals surface area contributed by atoms with Crippen LogP contribution in [0.25, 0.3) is 0 Å². The predicted octanol–water partition coefficient (Wildman–Crippen LogP) is 2.61. The van der Waals surface area contributed by atoms with Crippen LogP contribution in [0.4, 0.5) is 0 Å². The lowest BCUT2D eigenvalue weighted by Gasteiger charge is -2.13. The van der Waals surface area contributed by atoms with Gasteiger partial charge < -0.3 is 14.6 Å². The van der Waals surface area contributed by atoms with Crippen molar-refractivity contribution in [3.05, 3.63) is 24.3 Å². The van der Waals surface area contributed by atoms with Crippen LogP contribution in [0.2, 0.25) is 0 Å². The van der Waals surface area contributed by atoms with Gasteiger partial charge in [0.25, 0.3) is 0 Å². The molecule has 90 valence electrons. The molecule has 0 spiro atoms.